The highest BCUT2D eigenvalue weighted by atomic mass is 16.6. The van der Waals surface area contributed by atoms with Gasteiger partial charge in [-0.25, -0.2) is 4.79 Å². The Morgan fingerprint density at radius 3 is 2.28 bits per heavy atom. The lowest BCUT2D eigenvalue weighted by Crippen LogP contribution is -2.44. The van der Waals surface area contributed by atoms with Crippen LogP contribution in [0.1, 0.15) is 43.0 Å². The molecule has 1 aliphatic heterocycles. The lowest BCUT2D eigenvalue weighted by atomic mass is 9.89. The van der Waals surface area contributed by atoms with E-state index in [2.05, 4.69) is 15.6 Å². The van der Waals surface area contributed by atoms with Gasteiger partial charge in [0.1, 0.15) is 18.2 Å². The Balaban J connectivity index is 1.32. The fourth-order valence-electron chi connectivity index (χ4n) is 5.03. The molecule has 1 aliphatic rings. The van der Waals surface area contributed by atoms with Crippen molar-refractivity contribution in [2.75, 3.05) is 6.61 Å². The van der Waals surface area contributed by atoms with Crippen molar-refractivity contribution >= 4 is 34.5 Å². The van der Waals surface area contributed by atoms with Gasteiger partial charge in [0.05, 0.1) is 12.6 Å². The van der Waals surface area contributed by atoms with E-state index in [-0.39, 0.29) is 37.6 Å². The van der Waals surface area contributed by atoms with Crippen LogP contribution in [0.3, 0.4) is 0 Å². The zero-order chi connectivity index (χ0) is 30.4. The molecule has 2 heterocycles. The van der Waals surface area contributed by atoms with Crippen molar-refractivity contribution in [3.05, 3.63) is 108 Å². The number of fused-ring (bicyclic) bond motifs is 1. The minimum absolute atomic E-state index is 0.0662. The van der Waals surface area contributed by atoms with Crippen LogP contribution in [0, 0.1) is 5.92 Å². The Bertz CT molecular complexity index is 1600. The smallest absolute Gasteiger partial charge is 0.408 e. The molecule has 0 aliphatic carbocycles. The zero-order valence-electron chi connectivity index (χ0n) is 24.2. The molecule has 0 bridgehead atoms. The molecule has 0 unspecified atom stereocenters. The van der Waals surface area contributed by atoms with Gasteiger partial charge in [0, 0.05) is 29.4 Å². The average molecular weight is 582 g/mol. The summed E-state index contributed by atoms with van der Waals surface area (Å²) in [5.41, 5.74) is 2.27. The molecule has 1 aromatic heterocycles. The lowest BCUT2D eigenvalue weighted by molar-refractivity contribution is -0.134. The number of Topliss-reactive ketones (excluding diaryl/α,β-unsaturated/α-hetero) is 2. The molecule has 2 amide bonds. The van der Waals surface area contributed by atoms with E-state index in [0.717, 1.165) is 22.0 Å². The number of amides is 2. The van der Waals surface area contributed by atoms with Crippen LogP contribution >= 0.6 is 0 Å². The van der Waals surface area contributed by atoms with Gasteiger partial charge in [-0.05, 0) is 43.0 Å². The highest BCUT2D eigenvalue weighted by molar-refractivity contribution is 5.98. The average Bonchev–Trinajstić information content (AvgIpc) is 3.66. The van der Waals surface area contributed by atoms with E-state index in [1.165, 1.54) is 0 Å². The molecular weight excluding hydrogens is 546 g/mol. The quantitative estimate of drug-likeness (QED) is 0.194. The van der Waals surface area contributed by atoms with E-state index >= 15 is 0 Å². The number of ether oxygens (including phenoxy) is 2. The topological polar surface area (TPSA) is 130 Å². The van der Waals surface area contributed by atoms with Crippen molar-refractivity contribution in [2.45, 2.75) is 51.0 Å². The largest absolute Gasteiger partial charge is 0.445 e. The van der Waals surface area contributed by atoms with Crippen LogP contribution in [0.5, 0.6) is 0 Å². The van der Waals surface area contributed by atoms with Crippen molar-refractivity contribution in [1.29, 1.82) is 0 Å². The maximum Gasteiger partial charge on any atom is 0.408 e. The van der Waals surface area contributed by atoms with Crippen LogP contribution in [0.25, 0.3) is 10.9 Å². The van der Waals surface area contributed by atoms with Gasteiger partial charge in [0.15, 0.2) is 11.6 Å². The minimum Gasteiger partial charge on any atom is -0.445 e. The number of carbonyl (C=O) groups excluding carboxylic acids is 4. The van der Waals surface area contributed by atoms with Gasteiger partial charge in [-0.2, -0.15) is 0 Å². The van der Waals surface area contributed by atoms with E-state index in [1.54, 1.807) is 38.1 Å². The maximum absolute atomic E-state index is 13.9. The number of para-hydroxylation sites is 1. The lowest BCUT2D eigenvalue weighted by Gasteiger charge is -2.24. The Morgan fingerprint density at radius 1 is 0.930 bits per heavy atom. The summed E-state index contributed by atoms with van der Waals surface area (Å²) >= 11 is 0. The molecule has 0 radical (unpaired) electrons. The number of hydrogen-bond acceptors (Lipinski definition) is 6. The highest BCUT2D eigenvalue weighted by Crippen LogP contribution is 2.33. The van der Waals surface area contributed by atoms with E-state index in [0.29, 0.717) is 5.56 Å². The molecule has 0 spiro atoms. The monoisotopic (exact) mass is 581 g/mol. The van der Waals surface area contributed by atoms with Crippen molar-refractivity contribution < 1.29 is 28.7 Å². The predicted octanol–water partition coefficient (Wildman–Crippen LogP) is 4.82. The first kappa shape index (κ1) is 29.7. The second-order valence-corrected chi connectivity index (χ2v) is 11.1. The van der Waals surface area contributed by atoms with Gasteiger partial charge < -0.3 is 25.1 Å². The predicted molar refractivity (Wildman–Crippen MR) is 161 cm³/mol. The van der Waals surface area contributed by atoms with E-state index < -0.39 is 35.6 Å². The van der Waals surface area contributed by atoms with Gasteiger partial charge in [0.2, 0.25) is 5.91 Å². The molecule has 9 nitrogen and oxygen atoms in total. The molecule has 0 saturated carbocycles. The first-order chi connectivity index (χ1) is 20.7. The first-order valence-corrected chi connectivity index (χ1v) is 14.3. The highest BCUT2D eigenvalue weighted by Gasteiger charge is 2.50. The summed E-state index contributed by atoms with van der Waals surface area (Å²) in [6.07, 6.45) is 1.19. The van der Waals surface area contributed by atoms with Crippen molar-refractivity contribution in [1.82, 2.24) is 15.6 Å². The number of rotatable bonds is 13. The summed E-state index contributed by atoms with van der Waals surface area (Å²) < 4.78 is 10.7. The van der Waals surface area contributed by atoms with Gasteiger partial charge in [0.25, 0.3) is 0 Å². The number of nitrogens with one attached hydrogen (secondary N) is 3. The summed E-state index contributed by atoms with van der Waals surface area (Å²) in [7, 11) is 0. The summed E-state index contributed by atoms with van der Waals surface area (Å²) in [6, 6.07) is 24.1. The minimum atomic E-state index is -0.964. The van der Waals surface area contributed by atoms with Crippen molar-refractivity contribution in [3.63, 3.8) is 0 Å². The van der Waals surface area contributed by atoms with E-state index in [9.17, 15) is 19.2 Å². The number of epoxide rings is 1. The SMILES string of the molecule is C[C@H](NC(=O)OCc1ccccc1)C(=O)C[C@@H](Cc1c[nH]c2ccccc12)C(=O)N[C@H](C(=O)[C@@]1(C)CO1)c1ccccc1. The number of benzene rings is 3. The standard InChI is InChI=1S/C34H35N3O6/c1-22(36-33(41)42-20-23-11-5-3-6-12-23)29(38)18-25(17-26-19-35-28-16-10-9-15-27(26)28)32(40)37-30(24-13-7-4-8-14-24)31(39)34(2)21-43-34/h3-16,19,22,25,30,35H,17-18,20-21H2,1-2H3,(H,36,41)(H,37,40)/t22-,25+,30-,34+/m0/s1. The molecule has 4 atom stereocenters. The number of aromatic amines is 1. The molecule has 1 fully saturated rings. The van der Waals surface area contributed by atoms with Crippen LogP contribution in [0.2, 0.25) is 0 Å². The fraction of sp³-hybridized carbons (Fsp3) is 0.294. The molecule has 4 aromatic rings. The Morgan fingerprint density at radius 2 is 1.58 bits per heavy atom. The third-order valence-electron chi connectivity index (χ3n) is 7.77. The number of hydrogen-bond donors (Lipinski definition) is 3. The molecule has 5 rings (SSSR count). The molecule has 9 heteroatoms. The third kappa shape index (κ3) is 7.37. The van der Waals surface area contributed by atoms with Gasteiger partial charge >= 0.3 is 6.09 Å². The number of H-pyrrole nitrogens is 1. The van der Waals surface area contributed by atoms with Crippen molar-refractivity contribution in [2.24, 2.45) is 5.92 Å². The third-order valence-corrected chi connectivity index (χ3v) is 7.77. The summed E-state index contributed by atoms with van der Waals surface area (Å²) in [5, 5.41) is 6.44. The normalized spacial score (nSPS) is 17.8. The van der Waals surface area contributed by atoms with Crippen LogP contribution in [-0.4, -0.2) is 46.8 Å². The summed E-state index contributed by atoms with van der Waals surface area (Å²) in [4.78, 5) is 56.3. The van der Waals surface area contributed by atoms with Crippen LogP contribution < -0.4 is 10.6 Å². The molecule has 3 aromatic carbocycles. The number of aromatic nitrogens is 1. The number of alkyl carbamates (subject to hydrolysis) is 1. The van der Waals surface area contributed by atoms with E-state index in [1.807, 2.05) is 66.9 Å². The van der Waals surface area contributed by atoms with Crippen LogP contribution in [-0.2, 0) is 36.9 Å². The van der Waals surface area contributed by atoms with Gasteiger partial charge in [-0.3, -0.25) is 14.4 Å². The molecule has 1 saturated heterocycles. The van der Waals surface area contributed by atoms with E-state index in [4.69, 9.17) is 9.47 Å². The maximum atomic E-state index is 13.9. The van der Waals surface area contributed by atoms with Crippen molar-refractivity contribution in [3.8, 4) is 0 Å². The molecule has 3 N–H and O–H groups in total. The first-order valence-electron chi connectivity index (χ1n) is 14.3. The van der Waals surface area contributed by atoms with Gasteiger partial charge in [-0.15, -0.1) is 0 Å². The Hall–Kier alpha value is -4.76. The Kier molecular flexibility index (Phi) is 9.01. The van der Waals surface area contributed by atoms with Gasteiger partial charge in [-0.1, -0.05) is 78.9 Å². The molecule has 43 heavy (non-hydrogen) atoms. The number of carbonyl (C=O) groups is 4. The Labute approximate surface area is 250 Å². The molecule has 222 valence electrons. The zero-order valence-corrected chi connectivity index (χ0v) is 24.2. The van der Waals surface area contributed by atoms with Crippen LogP contribution in [0.4, 0.5) is 4.79 Å². The fourth-order valence-corrected chi connectivity index (χ4v) is 5.03. The second-order valence-electron chi connectivity index (χ2n) is 11.1. The summed E-state index contributed by atoms with van der Waals surface area (Å²) in [5.74, 6) is -1.84. The summed E-state index contributed by atoms with van der Waals surface area (Å²) in [6.45, 7) is 3.62. The number of ketones is 2. The molecular formula is C34H35N3O6. The second kappa shape index (κ2) is 13.0. The van der Waals surface area contributed by atoms with Crippen LogP contribution in [0.15, 0.2) is 91.1 Å².